The van der Waals surface area contributed by atoms with Crippen molar-refractivity contribution in [3.63, 3.8) is 0 Å². The SMILES string of the molecule is COc1c2ccoc2nc2c(O[C@@H]3O[C@H](CO)[C@@H](O)[C@H](O)[C@H]3O)cccc12. The van der Waals surface area contributed by atoms with Crippen LogP contribution in [0.1, 0.15) is 0 Å². The second-order valence-corrected chi connectivity index (χ2v) is 6.25. The molecule has 0 amide bonds. The zero-order valence-corrected chi connectivity index (χ0v) is 14.3. The van der Waals surface area contributed by atoms with Gasteiger partial charge in [-0.3, -0.25) is 0 Å². The zero-order valence-electron chi connectivity index (χ0n) is 14.3. The highest BCUT2D eigenvalue weighted by Crippen LogP contribution is 2.37. The van der Waals surface area contributed by atoms with E-state index in [2.05, 4.69) is 4.98 Å². The van der Waals surface area contributed by atoms with Gasteiger partial charge in [-0.2, -0.15) is 0 Å². The molecule has 2 aromatic heterocycles. The average molecular weight is 377 g/mol. The standard InChI is InChI=1S/C18H19NO8/c1-24-16-8-3-2-4-10(12(8)19-17-9(16)5-6-25-17)26-18-15(23)14(22)13(21)11(7-20)27-18/h2-6,11,13-15,18,20-23H,7H2,1H3/t11-,13-,14+,15-,18-/m1/s1. The fraction of sp³-hybridized carbons (Fsp3) is 0.389. The molecule has 0 spiro atoms. The van der Waals surface area contributed by atoms with Crippen LogP contribution in [0.2, 0.25) is 0 Å². The lowest BCUT2D eigenvalue weighted by Gasteiger charge is -2.39. The van der Waals surface area contributed by atoms with Crippen LogP contribution in [0.25, 0.3) is 22.0 Å². The molecule has 1 aliphatic rings. The monoisotopic (exact) mass is 377 g/mol. The fourth-order valence-corrected chi connectivity index (χ4v) is 3.23. The van der Waals surface area contributed by atoms with Gasteiger partial charge in [0, 0.05) is 5.39 Å². The molecule has 0 unspecified atom stereocenters. The van der Waals surface area contributed by atoms with Gasteiger partial charge in [0.1, 0.15) is 41.4 Å². The number of hydrogen-bond acceptors (Lipinski definition) is 9. The second-order valence-electron chi connectivity index (χ2n) is 6.25. The van der Waals surface area contributed by atoms with E-state index in [0.717, 1.165) is 0 Å². The first kappa shape index (κ1) is 18.0. The molecule has 0 radical (unpaired) electrons. The first-order valence-electron chi connectivity index (χ1n) is 8.36. The van der Waals surface area contributed by atoms with Crippen LogP contribution in [0.15, 0.2) is 34.9 Å². The van der Waals surface area contributed by atoms with Crippen LogP contribution in [0, 0.1) is 0 Å². The molecule has 144 valence electrons. The number of benzene rings is 1. The largest absolute Gasteiger partial charge is 0.495 e. The number of aliphatic hydroxyl groups is 4. The first-order chi connectivity index (χ1) is 13.0. The van der Waals surface area contributed by atoms with Crippen molar-refractivity contribution in [2.45, 2.75) is 30.7 Å². The number of pyridine rings is 1. The molecular formula is C18H19NO8. The predicted octanol–water partition coefficient (Wildman–Crippen LogP) is 0.168. The molecule has 0 aliphatic carbocycles. The highest BCUT2D eigenvalue weighted by atomic mass is 16.7. The van der Waals surface area contributed by atoms with Crippen molar-refractivity contribution in [3.8, 4) is 11.5 Å². The summed E-state index contributed by atoms with van der Waals surface area (Å²) in [6.07, 6.45) is -5.40. The molecule has 4 N–H and O–H groups in total. The number of rotatable bonds is 4. The maximum absolute atomic E-state index is 10.2. The molecule has 1 aliphatic heterocycles. The summed E-state index contributed by atoms with van der Waals surface area (Å²) in [6, 6.07) is 6.88. The number of ether oxygens (including phenoxy) is 3. The minimum Gasteiger partial charge on any atom is -0.495 e. The molecule has 5 atom stereocenters. The molecule has 3 aromatic rings. The van der Waals surface area contributed by atoms with Gasteiger partial charge in [-0.25, -0.2) is 4.98 Å². The molecule has 0 bridgehead atoms. The van der Waals surface area contributed by atoms with E-state index >= 15 is 0 Å². The van der Waals surface area contributed by atoms with Gasteiger partial charge in [0.25, 0.3) is 0 Å². The smallest absolute Gasteiger partial charge is 0.230 e. The van der Waals surface area contributed by atoms with Crippen molar-refractivity contribution in [2.24, 2.45) is 0 Å². The fourth-order valence-electron chi connectivity index (χ4n) is 3.23. The Morgan fingerprint density at radius 2 is 1.89 bits per heavy atom. The van der Waals surface area contributed by atoms with Gasteiger partial charge >= 0.3 is 0 Å². The molecule has 1 fully saturated rings. The summed E-state index contributed by atoms with van der Waals surface area (Å²) in [5.41, 5.74) is 0.762. The first-order valence-corrected chi connectivity index (χ1v) is 8.36. The van der Waals surface area contributed by atoms with E-state index < -0.39 is 37.3 Å². The number of fused-ring (bicyclic) bond motifs is 2. The normalized spacial score (nSPS) is 28.6. The summed E-state index contributed by atoms with van der Waals surface area (Å²) in [4.78, 5) is 4.44. The number of para-hydroxylation sites is 1. The Morgan fingerprint density at radius 3 is 2.63 bits per heavy atom. The second kappa shape index (κ2) is 6.95. The molecule has 9 heteroatoms. The summed E-state index contributed by atoms with van der Waals surface area (Å²) in [7, 11) is 1.53. The van der Waals surface area contributed by atoms with Crippen LogP contribution in [-0.4, -0.2) is 69.8 Å². The highest BCUT2D eigenvalue weighted by molar-refractivity contribution is 6.01. The molecule has 3 heterocycles. The number of furan rings is 1. The maximum Gasteiger partial charge on any atom is 0.230 e. The Labute approximate surface area is 153 Å². The number of hydrogen-bond donors (Lipinski definition) is 4. The summed E-state index contributed by atoms with van der Waals surface area (Å²) < 4.78 is 22.0. The molecule has 27 heavy (non-hydrogen) atoms. The van der Waals surface area contributed by atoms with Crippen molar-refractivity contribution < 1.29 is 39.1 Å². The van der Waals surface area contributed by atoms with Gasteiger partial charge in [-0.1, -0.05) is 6.07 Å². The van der Waals surface area contributed by atoms with Crippen molar-refractivity contribution in [2.75, 3.05) is 13.7 Å². The van der Waals surface area contributed by atoms with Crippen molar-refractivity contribution >= 4 is 22.0 Å². The van der Waals surface area contributed by atoms with Crippen molar-refractivity contribution in [3.05, 3.63) is 30.5 Å². The van der Waals surface area contributed by atoms with Gasteiger partial charge in [-0.15, -0.1) is 0 Å². The van der Waals surface area contributed by atoms with Crippen molar-refractivity contribution in [1.29, 1.82) is 0 Å². The lowest BCUT2D eigenvalue weighted by molar-refractivity contribution is -0.277. The Kier molecular flexibility index (Phi) is 4.62. The molecular weight excluding hydrogens is 358 g/mol. The number of aromatic nitrogens is 1. The lowest BCUT2D eigenvalue weighted by Crippen LogP contribution is -2.60. The van der Waals surface area contributed by atoms with E-state index in [4.69, 9.17) is 18.6 Å². The predicted molar refractivity (Wildman–Crippen MR) is 92.5 cm³/mol. The van der Waals surface area contributed by atoms with E-state index in [1.807, 2.05) is 0 Å². The quantitative estimate of drug-likeness (QED) is 0.502. The van der Waals surface area contributed by atoms with Crippen molar-refractivity contribution in [1.82, 2.24) is 4.98 Å². The summed E-state index contributed by atoms with van der Waals surface area (Å²) in [5, 5.41) is 40.7. The summed E-state index contributed by atoms with van der Waals surface area (Å²) in [6.45, 7) is -0.542. The van der Waals surface area contributed by atoms with Gasteiger partial charge in [0.05, 0.1) is 25.4 Å². The van der Waals surface area contributed by atoms with Crippen LogP contribution in [0.4, 0.5) is 0 Å². The summed E-state index contributed by atoms with van der Waals surface area (Å²) in [5.74, 6) is 0.816. The molecule has 9 nitrogen and oxygen atoms in total. The van der Waals surface area contributed by atoms with Gasteiger partial charge < -0.3 is 39.1 Å². The highest BCUT2D eigenvalue weighted by Gasteiger charge is 2.44. The van der Waals surface area contributed by atoms with Gasteiger partial charge in [0.15, 0.2) is 0 Å². The Balaban J connectivity index is 1.76. The van der Waals surface area contributed by atoms with E-state index in [1.54, 1.807) is 24.3 Å². The van der Waals surface area contributed by atoms with Gasteiger partial charge in [0.2, 0.25) is 12.0 Å². The number of nitrogens with zero attached hydrogens (tertiary/aromatic N) is 1. The Bertz CT molecular complexity index is 955. The van der Waals surface area contributed by atoms with Crippen LogP contribution in [0.3, 0.4) is 0 Å². The van der Waals surface area contributed by atoms with E-state index in [1.165, 1.54) is 13.4 Å². The van der Waals surface area contributed by atoms with E-state index in [9.17, 15) is 20.4 Å². The third-order valence-corrected chi connectivity index (χ3v) is 4.64. The van der Waals surface area contributed by atoms with E-state index in [0.29, 0.717) is 27.8 Å². The summed E-state index contributed by atoms with van der Waals surface area (Å²) >= 11 is 0. The molecule has 1 saturated heterocycles. The van der Waals surface area contributed by atoms with Crippen LogP contribution in [-0.2, 0) is 4.74 Å². The Morgan fingerprint density at radius 1 is 1.07 bits per heavy atom. The molecule has 0 saturated carbocycles. The van der Waals surface area contributed by atoms with Crippen LogP contribution in [0.5, 0.6) is 11.5 Å². The third-order valence-electron chi connectivity index (χ3n) is 4.64. The number of aliphatic hydroxyl groups excluding tert-OH is 4. The van der Waals surface area contributed by atoms with Crippen LogP contribution < -0.4 is 9.47 Å². The molecule has 4 rings (SSSR count). The molecule has 1 aromatic carbocycles. The van der Waals surface area contributed by atoms with E-state index in [-0.39, 0.29) is 5.75 Å². The average Bonchev–Trinajstić information content (AvgIpc) is 3.15. The Hall–Kier alpha value is -2.43. The maximum atomic E-state index is 10.2. The third kappa shape index (κ3) is 2.89. The minimum absolute atomic E-state index is 0.258. The minimum atomic E-state index is -1.53. The topological polar surface area (TPSA) is 135 Å². The lowest BCUT2D eigenvalue weighted by atomic mass is 9.99. The van der Waals surface area contributed by atoms with Crippen LogP contribution >= 0.6 is 0 Å². The zero-order chi connectivity index (χ0) is 19.1. The van der Waals surface area contributed by atoms with Gasteiger partial charge in [-0.05, 0) is 18.2 Å². The number of methoxy groups -OCH3 is 1.